The molecule has 0 aromatic heterocycles. The first kappa shape index (κ1) is 22.9. The van der Waals surface area contributed by atoms with Crippen molar-refractivity contribution in [2.45, 2.75) is 44.9 Å². The first-order chi connectivity index (χ1) is 9.99. The van der Waals surface area contributed by atoms with Crippen LogP contribution in [0.25, 0.3) is 0 Å². The van der Waals surface area contributed by atoms with Gasteiger partial charge in [0.1, 0.15) is 0 Å². The summed E-state index contributed by atoms with van der Waals surface area (Å²) in [4.78, 5) is 16.7. The number of nitrogens with two attached hydrogens (primary N) is 1. The standard InChI is InChI=1S/C15H29N3O3.2ClH/c1-11-9-18(6-5-17(11)10-12(2)19)15(20)14(16)13-3-7-21-8-4-13;;/h11-14,19H,3-10,16H2,1-2H3;2*1H. The topological polar surface area (TPSA) is 79.0 Å². The van der Waals surface area contributed by atoms with Gasteiger partial charge in [0.2, 0.25) is 5.91 Å². The first-order valence-corrected chi connectivity index (χ1v) is 8.03. The Morgan fingerprint density at radius 3 is 2.43 bits per heavy atom. The van der Waals surface area contributed by atoms with E-state index >= 15 is 0 Å². The number of amides is 1. The van der Waals surface area contributed by atoms with Crippen LogP contribution in [0.1, 0.15) is 26.7 Å². The molecule has 23 heavy (non-hydrogen) atoms. The van der Waals surface area contributed by atoms with Gasteiger partial charge in [-0.3, -0.25) is 9.69 Å². The Balaban J connectivity index is 0.00000242. The van der Waals surface area contributed by atoms with Crippen molar-refractivity contribution in [3.05, 3.63) is 0 Å². The van der Waals surface area contributed by atoms with Crippen molar-refractivity contribution in [3.63, 3.8) is 0 Å². The van der Waals surface area contributed by atoms with E-state index in [2.05, 4.69) is 11.8 Å². The number of nitrogens with zero attached hydrogens (tertiary/aromatic N) is 2. The highest BCUT2D eigenvalue weighted by atomic mass is 35.5. The number of rotatable bonds is 4. The van der Waals surface area contributed by atoms with Gasteiger partial charge in [-0.2, -0.15) is 0 Å². The number of ether oxygens (including phenoxy) is 1. The Labute approximate surface area is 151 Å². The lowest BCUT2D eigenvalue weighted by Gasteiger charge is -2.42. The number of halogens is 2. The number of aliphatic hydroxyl groups is 1. The van der Waals surface area contributed by atoms with E-state index in [4.69, 9.17) is 10.5 Å². The summed E-state index contributed by atoms with van der Waals surface area (Å²) in [6, 6.07) is -0.136. The minimum Gasteiger partial charge on any atom is -0.392 e. The zero-order valence-corrected chi connectivity index (χ0v) is 15.7. The second-order valence-corrected chi connectivity index (χ2v) is 6.45. The average molecular weight is 372 g/mol. The largest absolute Gasteiger partial charge is 0.392 e. The average Bonchev–Trinajstić information content (AvgIpc) is 2.48. The second kappa shape index (κ2) is 10.7. The van der Waals surface area contributed by atoms with Gasteiger partial charge >= 0.3 is 0 Å². The fraction of sp³-hybridized carbons (Fsp3) is 0.933. The Bertz CT molecular complexity index is 355. The molecule has 0 aromatic carbocycles. The molecule has 2 heterocycles. The molecule has 8 heteroatoms. The van der Waals surface area contributed by atoms with Crippen molar-refractivity contribution in [1.82, 2.24) is 9.80 Å². The third kappa shape index (κ3) is 6.36. The second-order valence-electron chi connectivity index (χ2n) is 6.45. The van der Waals surface area contributed by atoms with Gasteiger partial charge < -0.3 is 20.5 Å². The first-order valence-electron chi connectivity index (χ1n) is 8.03. The highest BCUT2D eigenvalue weighted by Crippen LogP contribution is 2.20. The fourth-order valence-corrected chi connectivity index (χ4v) is 3.29. The van der Waals surface area contributed by atoms with E-state index in [1.807, 2.05) is 4.90 Å². The summed E-state index contributed by atoms with van der Waals surface area (Å²) >= 11 is 0. The van der Waals surface area contributed by atoms with Crippen molar-refractivity contribution in [1.29, 1.82) is 0 Å². The lowest BCUT2D eigenvalue weighted by molar-refractivity contribution is -0.137. The number of piperazine rings is 1. The Morgan fingerprint density at radius 1 is 1.30 bits per heavy atom. The number of hydrogen-bond acceptors (Lipinski definition) is 5. The molecule has 138 valence electrons. The maximum atomic E-state index is 12.6. The van der Waals surface area contributed by atoms with E-state index in [-0.39, 0.29) is 48.8 Å². The van der Waals surface area contributed by atoms with E-state index in [0.717, 1.165) is 19.4 Å². The molecule has 0 aliphatic carbocycles. The summed E-state index contributed by atoms with van der Waals surface area (Å²) in [6.45, 7) is 8.18. The third-order valence-electron chi connectivity index (χ3n) is 4.63. The van der Waals surface area contributed by atoms with Crippen LogP contribution in [0.15, 0.2) is 0 Å². The Kier molecular flexibility index (Phi) is 10.6. The summed E-state index contributed by atoms with van der Waals surface area (Å²) in [5.74, 6) is 0.322. The minimum atomic E-state index is -0.399. The van der Waals surface area contributed by atoms with Gasteiger partial charge in [-0.15, -0.1) is 24.8 Å². The van der Waals surface area contributed by atoms with Crippen LogP contribution in [0.2, 0.25) is 0 Å². The predicted octanol–water partition coefficient (Wildman–Crippen LogP) is 0.497. The number of hydrogen-bond donors (Lipinski definition) is 2. The molecule has 0 radical (unpaired) electrons. The molecule has 0 aromatic rings. The zero-order chi connectivity index (χ0) is 15.4. The molecule has 2 aliphatic heterocycles. The normalized spacial score (nSPS) is 25.9. The summed E-state index contributed by atoms with van der Waals surface area (Å²) in [5, 5.41) is 9.50. The highest BCUT2D eigenvalue weighted by Gasteiger charge is 2.33. The van der Waals surface area contributed by atoms with Crippen LogP contribution in [-0.2, 0) is 9.53 Å². The van der Waals surface area contributed by atoms with Gasteiger partial charge in [-0.25, -0.2) is 0 Å². The van der Waals surface area contributed by atoms with E-state index < -0.39 is 6.04 Å². The Hall–Kier alpha value is -0.110. The highest BCUT2D eigenvalue weighted by molar-refractivity contribution is 5.85. The number of carbonyl (C=O) groups excluding carboxylic acids is 1. The molecule has 3 atom stereocenters. The maximum absolute atomic E-state index is 12.6. The molecule has 2 rings (SSSR count). The van der Waals surface area contributed by atoms with Crippen LogP contribution in [0.5, 0.6) is 0 Å². The van der Waals surface area contributed by atoms with Crippen LogP contribution < -0.4 is 5.73 Å². The smallest absolute Gasteiger partial charge is 0.239 e. The van der Waals surface area contributed by atoms with Gasteiger partial charge in [-0.05, 0) is 32.6 Å². The van der Waals surface area contributed by atoms with Crippen LogP contribution in [0, 0.1) is 5.92 Å². The van der Waals surface area contributed by atoms with Crippen LogP contribution in [0.3, 0.4) is 0 Å². The third-order valence-corrected chi connectivity index (χ3v) is 4.63. The molecule has 1 amide bonds. The predicted molar refractivity (Wildman–Crippen MR) is 95.3 cm³/mol. The SMILES string of the molecule is CC(O)CN1CCN(C(=O)C(N)C2CCOCC2)CC1C.Cl.Cl. The molecule has 0 spiro atoms. The van der Waals surface area contributed by atoms with Gasteiger partial charge in [0.05, 0.1) is 12.1 Å². The van der Waals surface area contributed by atoms with Crippen LogP contribution in [-0.4, -0.2) is 78.4 Å². The van der Waals surface area contributed by atoms with Crippen molar-refractivity contribution in [3.8, 4) is 0 Å². The summed E-state index contributed by atoms with van der Waals surface area (Å²) in [6.07, 6.45) is 1.42. The molecule has 0 bridgehead atoms. The molecule has 2 aliphatic rings. The van der Waals surface area contributed by atoms with Crippen molar-refractivity contribution in [2.75, 3.05) is 39.4 Å². The number of aliphatic hydroxyl groups excluding tert-OH is 1. The fourth-order valence-electron chi connectivity index (χ4n) is 3.29. The van der Waals surface area contributed by atoms with Crippen LogP contribution >= 0.6 is 24.8 Å². The molecule has 0 saturated carbocycles. The molecule has 3 N–H and O–H groups in total. The summed E-state index contributed by atoms with van der Waals surface area (Å²) in [5.41, 5.74) is 6.18. The molecular weight excluding hydrogens is 341 g/mol. The quantitative estimate of drug-likeness (QED) is 0.751. The lowest BCUT2D eigenvalue weighted by atomic mass is 9.91. The van der Waals surface area contributed by atoms with Crippen LogP contribution in [0.4, 0.5) is 0 Å². The van der Waals surface area contributed by atoms with Gasteiger partial charge in [0.25, 0.3) is 0 Å². The minimum absolute atomic E-state index is 0. The van der Waals surface area contributed by atoms with E-state index in [0.29, 0.717) is 32.8 Å². The zero-order valence-electron chi connectivity index (χ0n) is 14.0. The monoisotopic (exact) mass is 371 g/mol. The Morgan fingerprint density at radius 2 is 1.91 bits per heavy atom. The number of β-amino-alcohol motifs (C(OH)–C–C–N with tert-alkyl or cyclic N) is 1. The van der Waals surface area contributed by atoms with Gasteiger partial charge in [0, 0.05) is 45.4 Å². The van der Waals surface area contributed by atoms with Gasteiger partial charge in [-0.1, -0.05) is 0 Å². The van der Waals surface area contributed by atoms with E-state index in [1.54, 1.807) is 6.92 Å². The molecule has 3 unspecified atom stereocenters. The van der Waals surface area contributed by atoms with E-state index in [9.17, 15) is 9.90 Å². The maximum Gasteiger partial charge on any atom is 0.239 e. The molecule has 2 saturated heterocycles. The molecule has 6 nitrogen and oxygen atoms in total. The van der Waals surface area contributed by atoms with Crippen molar-refractivity contribution in [2.24, 2.45) is 11.7 Å². The lowest BCUT2D eigenvalue weighted by Crippen LogP contribution is -2.58. The summed E-state index contributed by atoms with van der Waals surface area (Å²) in [7, 11) is 0. The molecular formula is C15H31Cl2N3O3. The van der Waals surface area contributed by atoms with Gasteiger partial charge in [0.15, 0.2) is 0 Å². The van der Waals surface area contributed by atoms with Crippen molar-refractivity contribution >= 4 is 30.7 Å². The van der Waals surface area contributed by atoms with Crippen molar-refractivity contribution < 1.29 is 14.6 Å². The number of carbonyl (C=O) groups is 1. The molecule has 2 fully saturated rings. The summed E-state index contributed by atoms with van der Waals surface area (Å²) < 4.78 is 5.33. The van der Waals surface area contributed by atoms with E-state index in [1.165, 1.54) is 0 Å².